The summed E-state index contributed by atoms with van der Waals surface area (Å²) in [5.41, 5.74) is 1.33. The third kappa shape index (κ3) is 7.68. The zero-order chi connectivity index (χ0) is 26.4. The molecule has 2 aliphatic heterocycles. The van der Waals surface area contributed by atoms with Gasteiger partial charge in [0.15, 0.2) is 11.6 Å². The lowest BCUT2D eigenvalue weighted by atomic mass is 9.98. The zero-order valence-electron chi connectivity index (χ0n) is 21.8. The summed E-state index contributed by atoms with van der Waals surface area (Å²) in [4.78, 5) is 25.2. The Morgan fingerprint density at radius 2 is 1.38 bits per heavy atom. The van der Waals surface area contributed by atoms with Gasteiger partial charge in [-0.25, -0.2) is 0 Å². The van der Waals surface area contributed by atoms with Crippen molar-refractivity contribution in [3.63, 3.8) is 0 Å². The van der Waals surface area contributed by atoms with Gasteiger partial charge in [0.1, 0.15) is 0 Å². The standard InChI is InChI=1S/C29H37O7P/c1-4-27-28(18-24(34-27)17-26(31)22-13-9-6-10-14-22)36-37(3,32)33-19-29-20(2)15-23(35-29)16-25(30)21-11-7-5-8-12-21/h5-14,20,23-24,27-29H,4,15-19H2,1-3H3/t20-,23+,24-,27+,28-,29+,37-/m0/s1. The number of Topliss-reactive ketones (excluding diaryl/α,β-unsaturated/α-hetero) is 2. The third-order valence-electron chi connectivity index (χ3n) is 7.13. The number of carbonyl (C=O) groups excluding carboxylic acids is 2. The SMILES string of the molecule is CC[C@H]1O[C@@H](CC(=O)c2ccccc2)C[C@@H]1O[P@@](C)(=O)OC[C@H]1O[C@@H](CC(=O)c2ccccc2)C[C@@H]1C. The maximum Gasteiger partial charge on any atom is 0.328 e. The summed E-state index contributed by atoms with van der Waals surface area (Å²) in [7, 11) is -3.40. The van der Waals surface area contributed by atoms with Crippen LogP contribution in [0.5, 0.6) is 0 Å². The first kappa shape index (κ1) is 27.9. The second-order valence-electron chi connectivity index (χ2n) is 10.1. The number of hydrogen-bond donors (Lipinski definition) is 0. The van der Waals surface area contributed by atoms with Crippen LogP contribution in [0.3, 0.4) is 0 Å². The molecular weight excluding hydrogens is 491 g/mol. The molecule has 2 saturated heterocycles. The van der Waals surface area contributed by atoms with Crippen molar-refractivity contribution in [3.05, 3.63) is 71.8 Å². The zero-order valence-corrected chi connectivity index (χ0v) is 22.7. The second kappa shape index (κ2) is 12.6. The van der Waals surface area contributed by atoms with Crippen molar-refractivity contribution >= 4 is 19.2 Å². The Hall–Kier alpha value is -2.15. The van der Waals surface area contributed by atoms with Crippen LogP contribution in [-0.4, -0.2) is 55.4 Å². The molecule has 0 unspecified atom stereocenters. The summed E-state index contributed by atoms with van der Waals surface area (Å²) in [6, 6.07) is 18.4. The Balaban J connectivity index is 1.25. The molecule has 0 N–H and O–H groups in total. The molecule has 200 valence electrons. The lowest BCUT2D eigenvalue weighted by Crippen LogP contribution is -2.25. The molecule has 0 saturated carbocycles. The molecule has 0 bridgehead atoms. The molecule has 2 fully saturated rings. The lowest BCUT2D eigenvalue weighted by molar-refractivity contribution is -0.00694. The summed E-state index contributed by atoms with van der Waals surface area (Å²) in [6.07, 6.45) is 1.08. The average molecular weight is 529 g/mol. The monoisotopic (exact) mass is 528 g/mol. The van der Waals surface area contributed by atoms with Crippen molar-refractivity contribution in [1.29, 1.82) is 0 Å². The molecule has 0 aliphatic carbocycles. The molecule has 2 aromatic rings. The minimum absolute atomic E-state index is 0.0182. The van der Waals surface area contributed by atoms with Crippen molar-refractivity contribution in [2.24, 2.45) is 5.92 Å². The predicted molar refractivity (Wildman–Crippen MR) is 141 cm³/mol. The molecule has 0 radical (unpaired) electrons. The first-order valence-electron chi connectivity index (χ1n) is 13.1. The van der Waals surface area contributed by atoms with E-state index in [-0.39, 0.29) is 54.9 Å². The van der Waals surface area contributed by atoms with E-state index in [1.807, 2.05) is 55.5 Å². The van der Waals surface area contributed by atoms with Gasteiger partial charge in [-0.1, -0.05) is 74.5 Å². The fraction of sp³-hybridized carbons (Fsp3) is 0.517. The summed E-state index contributed by atoms with van der Waals surface area (Å²) in [5, 5.41) is 0. The van der Waals surface area contributed by atoms with Gasteiger partial charge in [-0.3, -0.25) is 14.2 Å². The van der Waals surface area contributed by atoms with Gasteiger partial charge in [0.25, 0.3) is 0 Å². The van der Waals surface area contributed by atoms with E-state index in [1.54, 1.807) is 12.1 Å². The molecule has 2 aromatic carbocycles. The predicted octanol–water partition coefficient (Wildman–Crippen LogP) is 6.12. The molecule has 8 heteroatoms. The molecule has 37 heavy (non-hydrogen) atoms. The topological polar surface area (TPSA) is 88.1 Å². The molecule has 0 spiro atoms. The van der Waals surface area contributed by atoms with Gasteiger partial charge in [0.2, 0.25) is 0 Å². The number of benzene rings is 2. The van der Waals surface area contributed by atoms with E-state index in [0.717, 1.165) is 6.42 Å². The molecule has 2 aliphatic rings. The summed E-state index contributed by atoms with van der Waals surface area (Å²) >= 11 is 0. The Morgan fingerprint density at radius 1 is 0.865 bits per heavy atom. The Bertz CT molecular complexity index is 1090. The van der Waals surface area contributed by atoms with Gasteiger partial charge in [-0.05, 0) is 18.8 Å². The van der Waals surface area contributed by atoms with Gasteiger partial charge >= 0.3 is 7.60 Å². The molecule has 0 aromatic heterocycles. The molecule has 7 nitrogen and oxygen atoms in total. The van der Waals surface area contributed by atoms with Crippen LogP contribution in [0.4, 0.5) is 0 Å². The van der Waals surface area contributed by atoms with E-state index >= 15 is 0 Å². The Labute approximate surface area is 219 Å². The highest BCUT2D eigenvalue weighted by atomic mass is 31.2. The van der Waals surface area contributed by atoms with Crippen molar-refractivity contribution in [1.82, 2.24) is 0 Å². The van der Waals surface area contributed by atoms with E-state index < -0.39 is 13.7 Å². The van der Waals surface area contributed by atoms with Crippen LogP contribution in [-0.2, 0) is 23.1 Å². The van der Waals surface area contributed by atoms with Crippen LogP contribution in [0.2, 0.25) is 0 Å². The smallest absolute Gasteiger partial charge is 0.328 e. The van der Waals surface area contributed by atoms with Crippen LogP contribution in [0.25, 0.3) is 0 Å². The normalized spacial score (nSPS) is 29.2. The molecular formula is C29H37O7P. The molecule has 2 heterocycles. The quantitative estimate of drug-likeness (QED) is 0.242. The fourth-order valence-electron chi connectivity index (χ4n) is 5.12. The van der Waals surface area contributed by atoms with Crippen molar-refractivity contribution in [3.8, 4) is 0 Å². The van der Waals surface area contributed by atoms with Gasteiger partial charge < -0.3 is 18.5 Å². The van der Waals surface area contributed by atoms with Gasteiger partial charge in [0.05, 0.1) is 37.1 Å². The van der Waals surface area contributed by atoms with Gasteiger partial charge in [0, 0.05) is 37.1 Å². The van der Waals surface area contributed by atoms with E-state index in [2.05, 4.69) is 6.92 Å². The first-order chi connectivity index (χ1) is 17.7. The minimum atomic E-state index is -3.40. The summed E-state index contributed by atoms with van der Waals surface area (Å²) in [5.74, 6) is 0.237. The lowest BCUT2D eigenvalue weighted by Gasteiger charge is -2.24. The number of ether oxygens (including phenoxy) is 2. The van der Waals surface area contributed by atoms with Crippen LogP contribution in [0.1, 0.15) is 66.7 Å². The van der Waals surface area contributed by atoms with E-state index in [0.29, 0.717) is 30.4 Å². The summed E-state index contributed by atoms with van der Waals surface area (Å²) < 4.78 is 37.1. The van der Waals surface area contributed by atoms with Crippen LogP contribution in [0.15, 0.2) is 60.7 Å². The maximum absolute atomic E-state index is 13.2. The Morgan fingerprint density at radius 3 is 1.92 bits per heavy atom. The molecule has 7 atom stereocenters. The third-order valence-corrected chi connectivity index (χ3v) is 8.41. The van der Waals surface area contributed by atoms with Crippen molar-refractivity contribution in [2.75, 3.05) is 13.3 Å². The molecule has 0 amide bonds. The van der Waals surface area contributed by atoms with Crippen LogP contribution >= 0.6 is 7.60 Å². The highest BCUT2D eigenvalue weighted by Gasteiger charge is 2.40. The minimum Gasteiger partial charge on any atom is -0.372 e. The highest BCUT2D eigenvalue weighted by molar-refractivity contribution is 7.53. The summed E-state index contributed by atoms with van der Waals surface area (Å²) in [6.45, 7) is 5.63. The maximum atomic E-state index is 13.2. The van der Waals surface area contributed by atoms with E-state index in [9.17, 15) is 14.2 Å². The largest absolute Gasteiger partial charge is 0.372 e. The number of rotatable bonds is 12. The van der Waals surface area contributed by atoms with Crippen molar-refractivity contribution < 1.29 is 32.7 Å². The van der Waals surface area contributed by atoms with Crippen molar-refractivity contribution in [2.45, 2.75) is 76.5 Å². The number of carbonyl (C=O) groups is 2. The van der Waals surface area contributed by atoms with Gasteiger partial charge in [-0.15, -0.1) is 0 Å². The average Bonchev–Trinajstić information content (AvgIpc) is 3.44. The number of hydrogen-bond acceptors (Lipinski definition) is 7. The van der Waals surface area contributed by atoms with Crippen LogP contribution in [0, 0.1) is 5.92 Å². The van der Waals surface area contributed by atoms with Crippen LogP contribution < -0.4 is 0 Å². The first-order valence-corrected chi connectivity index (χ1v) is 15.1. The van der Waals surface area contributed by atoms with Gasteiger partial charge in [-0.2, -0.15) is 0 Å². The number of ketones is 2. The Kier molecular flexibility index (Phi) is 9.49. The van der Waals surface area contributed by atoms with E-state index in [1.165, 1.54) is 6.66 Å². The fourth-order valence-corrected chi connectivity index (χ4v) is 6.32. The molecule has 4 rings (SSSR count). The highest BCUT2D eigenvalue weighted by Crippen LogP contribution is 2.49. The second-order valence-corrected chi connectivity index (χ2v) is 12.2. The van der Waals surface area contributed by atoms with E-state index in [4.69, 9.17) is 18.5 Å².